The smallest absolute Gasteiger partial charge is 0.227 e. The highest BCUT2D eigenvalue weighted by Crippen LogP contribution is 2.41. The number of likely N-dealkylation sites (tertiary alicyclic amines) is 1. The molecular formula is C18H20N2O3S. The molecule has 2 atom stereocenters. The van der Waals surface area contributed by atoms with E-state index < -0.39 is 0 Å². The molecule has 0 bridgehead atoms. The number of carbonyl (C=O) groups excluding carboxylic acids is 1. The number of fused-ring (bicyclic) bond motifs is 1. The van der Waals surface area contributed by atoms with Crippen LogP contribution in [0, 0.1) is 11.3 Å². The lowest BCUT2D eigenvalue weighted by Crippen LogP contribution is -2.38. The van der Waals surface area contributed by atoms with Gasteiger partial charge in [0.15, 0.2) is 0 Å². The van der Waals surface area contributed by atoms with Crippen molar-refractivity contribution < 1.29 is 14.3 Å². The molecule has 5 nitrogen and oxygen atoms in total. The highest BCUT2D eigenvalue weighted by Gasteiger charge is 2.52. The minimum absolute atomic E-state index is 0.109. The van der Waals surface area contributed by atoms with E-state index in [1.54, 1.807) is 17.5 Å². The average molecular weight is 344 g/mol. The Morgan fingerprint density at radius 1 is 1.46 bits per heavy atom. The molecule has 1 amide bonds. The summed E-state index contributed by atoms with van der Waals surface area (Å²) in [7, 11) is 0. The van der Waals surface area contributed by atoms with Crippen molar-refractivity contribution in [3.8, 4) is 5.88 Å². The van der Waals surface area contributed by atoms with E-state index in [9.17, 15) is 4.79 Å². The van der Waals surface area contributed by atoms with Gasteiger partial charge in [0.25, 0.3) is 0 Å². The van der Waals surface area contributed by atoms with Gasteiger partial charge < -0.3 is 14.4 Å². The summed E-state index contributed by atoms with van der Waals surface area (Å²) in [5, 5.41) is 4.05. The van der Waals surface area contributed by atoms with Gasteiger partial charge in [-0.1, -0.05) is 6.07 Å². The number of hydrogen-bond acceptors (Lipinski definition) is 5. The fraction of sp³-hybridized carbons (Fsp3) is 0.444. The van der Waals surface area contributed by atoms with Gasteiger partial charge in [0.05, 0.1) is 31.7 Å². The first kappa shape index (κ1) is 15.6. The van der Waals surface area contributed by atoms with Crippen LogP contribution in [0.25, 0.3) is 0 Å². The van der Waals surface area contributed by atoms with Gasteiger partial charge in [-0.05, 0) is 28.5 Å². The van der Waals surface area contributed by atoms with E-state index >= 15 is 0 Å². The molecule has 24 heavy (non-hydrogen) atoms. The van der Waals surface area contributed by atoms with E-state index in [-0.39, 0.29) is 11.3 Å². The van der Waals surface area contributed by atoms with E-state index in [2.05, 4.69) is 4.98 Å². The molecule has 4 heterocycles. The Labute approximate surface area is 145 Å². The van der Waals surface area contributed by atoms with Gasteiger partial charge >= 0.3 is 0 Å². The van der Waals surface area contributed by atoms with Crippen molar-refractivity contribution in [1.82, 2.24) is 9.88 Å². The number of hydrogen-bond donors (Lipinski definition) is 0. The monoisotopic (exact) mass is 344 g/mol. The van der Waals surface area contributed by atoms with Crippen LogP contribution in [0.3, 0.4) is 0 Å². The van der Waals surface area contributed by atoms with Crippen LogP contribution in [-0.2, 0) is 16.0 Å². The second-order valence-electron chi connectivity index (χ2n) is 6.61. The lowest BCUT2D eigenvalue weighted by molar-refractivity contribution is -0.130. The summed E-state index contributed by atoms with van der Waals surface area (Å²) in [5.74, 6) is 1.16. The van der Waals surface area contributed by atoms with Crippen molar-refractivity contribution >= 4 is 17.2 Å². The van der Waals surface area contributed by atoms with Crippen LogP contribution >= 0.6 is 11.3 Å². The number of thiophene rings is 1. The highest BCUT2D eigenvalue weighted by molar-refractivity contribution is 7.08. The maximum absolute atomic E-state index is 12.6. The SMILES string of the molecule is O=C(Cc1ccsc1)N1C[C@@H]2COC[C@]2(COc2ccccn2)C1. The van der Waals surface area contributed by atoms with Crippen LogP contribution in [-0.4, -0.2) is 48.7 Å². The van der Waals surface area contributed by atoms with Crippen molar-refractivity contribution in [1.29, 1.82) is 0 Å². The molecule has 126 valence electrons. The number of pyridine rings is 1. The second kappa shape index (κ2) is 6.53. The molecule has 0 N–H and O–H groups in total. The Bertz CT molecular complexity index is 692. The summed E-state index contributed by atoms with van der Waals surface area (Å²) in [5.41, 5.74) is 0.985. The summed E-state index contributed by atoms with van der Waals surface area (Å²) < 4.78 is 11.6. The maximum atomic E-state index is 12.6. The van der Waals surface area contributed by atoms with Crippen molar-refractivity contribution in [2.45, 2.75) is 6.42 Å². The molecule has 0 saturated carbocycles. The number of amides is 1. The molecule has 2 aliphatic rings. The standard InChI is InChI=1S/C18H20N2O3S/c21-17(7-14-4-6-24-10-14)20-8-15-9-22-12-18(15,11-20)13-23-16-3-1-2-5-19-16/h1-6,10,15H,7-9,11-13H2/t15-,18+/m1/s1. The first-order valence-electron chi connectivity index (χ1n) is 8.16. The second-order valence-corrected chi connectivity index (χ2v) is 7.39. The highest BCUT2D eigenvalue weighted by atomic mass is 32.1. The van der Waals surface area contributed by atoms with E-state index in [1.165, 1.54) is 0 Å². The third-order valence-corrected chi connectivity index (χ3v) is 5.69. The minimum Gasteiger partial charge on any atom is -0.477 e. The van der Waals surface area contributed by atoms with Crippen molar-refractivity contribution in [3.63, 3.8) is 0 Å². The maximum Gasteiger partial charge on any atom is 0.227 e. The number of nitrogens with zero attached hydrogens (tertiary/aromatic N) is 2. The molecule has 2 saturated heterocycles. The Hall–Kier alpha value is -1.92. The van der Waals surface area contributed by atoms with Crippen LogP contribution in [0.1, 0.15) is 5.56 Å². The molecule has 0 aliphatic carbocycles. The van der Waals surface area contributed by atoms with Gasteiger partial charge in [-0.3, -0.25) is 4.79 Å². The van der Waals surface area contributed by atoms with Crippen molar-refractivity contribution in [3.05, 3.63) is 46.8 Å². The zero-order chi connectivity index (χ0) is 16.4. The van der Waals surface area contributed by atoms with E-state index in [1.807, 2.05) is 39.9 Å². The van der Waals surface area contributed by atoms with Crippen LogP contribution in [0.5, 0.6) is 5.88 Å². The van der Waals surface area contributed by atoms with Gasteiger partial charge in [0.1, 0.15) is 0 Å². The first-order chi connectivity index (χ1) is 11.8. The Morgan fingerprint density at radius 2 is 2.42 bits per heavy atom. The van der Waals surface area contributed by atoms with Crippen LogP contribution < -0.4 is 4.74 Å². The van der Waals surface area contributed by atoms with Gasteiger partial charge in [-0.25, -0.2) is 4.98 Å². The minimum atomic E-state index is -0.109. The molecule has 4 rings (SSSR count). The Balaban J connectivity index is 1.42. The molecule has 0 spiro atoms. The number of ether oxygens (including phenoxy) is 2. The summed E-state index contributed by atoms with van der Waals surface area (Å²) in [6, 6.07) is 7.65. The topological polar surface area (TPSA) is 51.7 Å². The predicted molar refractivity (Wildman–Crippen MR) is 91.1 cm³/mol. The van der Waals surface area contributed by atoms with Crippen molar-refractivity contribution in [2.75, 3.05) is 32.9 Å². The molecule has 0 aromatic carbocycles. The van der Waals surface area contributed by atoms with Gasteiger partial charge in [-0.15, -0.1) is 0 Å². The van der Waals surface area contributed by atoms with Gasteiger partial charge in [0, 0.05) is 31.3 Å². The molecule has 0 unspecified atom stereocenters. The Kier molecular flexibility index (Phi) is 4.24. The largest absolute Gasteiger partial charge is 0.477 e. The van der Waals surface area contributed by atoms with Crippen molar-refractivity contribution in [2.24, 2.45) is 11.3 Å². The van der Waals surface area contributed by atoms with Crippen LogP contribution in [0.15, 0.2) is 41.2 Å². The first-order valence-corrected chi connectivity index (χ1v) is 9.10. The fourth-order valence-electron chi connectivity index (χ4n) is 3.56. The summed E-state index contributed by atoms with van der Waals surface area (Å²) in [6.07, 6.45) is 2.20. The van der Waals surface area contributed by atoms with Gasteiger partial charge in [0.2, 0.25) is 11.8 Å². The summed E-state index contributed by atoms with van der Waals surface area (Å²) in [4.78, 5) is 18.8. The average Bonchev–Trinajstić information content (AvgIpc) is 3.29. The van der Waals surface area contributed by atoms with E-state index in [0.29, 0.717) is 44.6 Å². The summed E-state index contributed by atoms with van der Waals surface area (Å²) in [6.45, 7) is 3.35. The molecular weight excluding hydrogens is 324 g/mol. The molecule has 2 aromatic heterocycles. The lowest BCUT2D eigenvalue weighted by Gasteiger charge is -2.26. The normalized spacial score (nSPS) is 25.7. The van der Waals surface area contributed by atoms with Gasteiger partial charge in [-0.2, -0.15) is 11.3 Å². The fourth-order valence-corrected chi connectivity index (χ4v) is 4.22. The Morgan fingerprint density at radius 3 is 3.21 bits per heavy atom. The van der Waals surface area contributed by atoms with E-state index in [0.717, 1.165) is 12.1 Å². The lowest BCUT2D eigenvalue weighted by atomic mass is 9.82. The zero-order valence-corrected chi connectivity index (χ0v) is 14.2. The predicted octanol–water partition coefficient (Wildman–Crippen LogP) is 2.24. The van der Waals surface area contributed by atoms with E-state index in [4.69, 9.17) is 9.47 Å². The third kappa shape index (κ3) is 3.03. The zero-order valence-electron chi connectivity index (χ0n) is 13.4. The molecule has 0 radical (unpaired) electrons. The number of rotatable bonds is 5. The quantitative estimate of drug-likeness (QED) is 0.835. The van der Waals surface area contributed by atoms with Crippen LogP contribution in [0.2, 0.25) is 0 Å². The number of aromatic nitrogens is 1. The molecule has 2 fully saturated rings. The molecule has 2 aromatic rings. The number of carbonyl (C=O) groups is 1. The third-order valence-electron chi connectivity index (χ3n) is 4.95. The van der Waals surface area contributed by atoms with Crippen LogP contribution in [0.4, 0.5) is 0 Å². The summed E-state index contributed by atoms with van der Waals surface area (Å²) >= 11 is 1.63. The molecule has 2 aliphatic heterocycles. The molecule has 6 heteroatoms.